The highest BCUT2D eigenvalue weighted by molar-refractivity contribution is 7.98. The summed E-state index contributed by atoms with van der Waals surface area (Å²) in [4.78, 5) is 17.8. The zero-order chi connectivity index (χ0) is 19.6. The Balaban J connectivity index is 1.94. The number of aromatic nitrogens is 2. The average Bonchev–Trinajstić information content (AvgIpc) is 2.63. The number of fused-ring (bicyclic) bond motifs is 1. The van der Waals surface area contributed by atoms with Crippen LogP contribution in [0.15, 0.2) is 52.4 Å². The Hall–Kier alpha value is -1.78. The van der Waals surface area contributed by atoms with Crippen LogP contribution in [-0.4, -0.2) is 9.55 Å². The van der Waals surface area contributed by atoms with Crippen LogP contribution in [-0.2, 0) is 12.3 Å². The first-order valence-electron chi connectivity index (χ1n) is 9.27. The fourth-order valence-corrected chi connectivity index (χ4v) is 4.09. The van der Waals surface area contributed by atoms with Gasteiger partial charge in [-0.05, 0) is 41.2 Å². The van der Waals surface area contributed by atoms with Gasteiger partial charge < -0.3 is 0 Å². The van der Waals surface area contributed by atoms with Gasteiger partial charge in [0.2, 0.25) is 0 Å². The second-order valence-corrected chi connectivity index (χ2v) is 8.93. The number of thioether (sulfide) groups is 1. The van der Waals surface area contributed by atoms with Crippen LogP contribution in [0.2, 0.25) is 5.02 Å². The summed E-state index contributed by atoms with van der Waals surface area (Å²) in [7, 11) is 0. The van der Waals surface area contributed by atoms with Crippen LogP contribution >= 0.6 is 23.4 Å². The number of hydrogen-bond donors (Lipinski definition) is 0. The van der Waals surface area contributed by atoms with Crippen molar-refractivity contribution in [2.45, 2.75) is 51.1 Å². The number of benzene rings is 2. The summed E-state index contributed by atoms with van der Waals surface area (Å²) < 4.78 is 1.79. The second-order valence-electron chi connectivity index (χ2n) is 7.55. The Morgan fingerprint density at radius 2 is 1.78 bits per heavy atom. The first-order chi connectivity index (χ1) is 12.8. The van der Waals surface area contributed by atoms with Gasteiger partial charge in [0.25, 0.3) is 5.56 Å². The summed E-state index contributed by atoms with van der Waals surface area (Å²) in [6.07, 6.45) is 0. The Morgan fingerprint density at radius 3 is 2.41 bits per heavy atom. The van der Waals surface area contributed by atoms with E-state index in [0.29, 0.717) is 34.3 Å². The van der Waals surface area contributed by atoms with Crippen LogP contribution in [0.4, 0.5) is 0 Å². The number of hydrogen-bond acceptors (Lipinski definition) is 3. The molecule has 0 saturated carbocycles. The van der Waals surface area contributed by atoms with Crippen LogP contribution in [0, 0.1) is 5.92 Å². The van der Waals surface area contributed by atoms with E-state index in [1.807, 2.05) is 6.07 Å². The van der Waals surface area contributed by atoms with E-state index in [1.165, 1.54) is 11.1 Å². The molecule has 1 heterocycles. The van der Waals surface area contributed by atoms with Crippen molar-refractivity contribution in [2.24, 2.45) is 5.92 Å². The van der Waals surface area contributed by atoms with E-state index in [9.17, 15) is 4.79 Å². The zero-order valence-corrected chi connectivity index (χ0v) is 17.8. The molecule has 0 saturated heterocycles. The van der Waals surface area contributed by atoms with Gasteiger partial charge in [-0.3, -0.25) is 9.36 Å². The van der Waals surface area contributed by atoms with Crippen molar-refractivity contribution in [1.82, 2.24) is 9.55 Å². The smallest absolute Gasteiger partial charge is 0.262 e. The molecule has 0 fully saturated rings. The van der Waals surface area contributed by atoms with E-state index in [4.69, 9.17) is 16.6 Å². The molecule has 142 valence electrons. The lowest BCUT2D eigenvalue weighted by Crippen LogP contribution is -2.25. The minimum Gasteiger partial charge on any atom is -0.287 e. The molecule has 5 heteroatoms. The summed E-state index contributed by atoms with van der Waals surface area (Å²) in [6, 6.07) is 14.0. The number of rotatable bonds is 6. The molecule has 0 spiro atoms. The van der Waals surface area contributed by atoms with Gasteiger partial charge in [0.1, 0.15) is 0 Å². The molecule has 0 aliphatic rings. The minimum absolute atomic E-state index is 0.0196. The van der Waals surface area contributed by atoms with Crippen molar-refractivity contribution in [3.8, 4) is 0 Å². The Labute approximate surface area is 169 Å². The maximum absolute atomic E-state index is 13.0. The van der Waals surface area contributed by atoms with Gasteiger partial charge >= 0.3 is 0 Å². The normalized spacial score (nSPS) is 11.7. The van der Waals surface area contributed by atoms with E-state index >= 15 is 0 Å². The van der Waals surface area contributed by atoms with E-state index in [0.717, 1.165) is 10.9 Å². The van der Waals surface area contributed by atoms with E-state index in [-0.39, 0.29) is 5.56 Å². The molecule has 3 rings (SSSR count). The van der Waals surface area contributed by atoms with Crippen LogP contribution < -0.4 is 5.56 Å². The fourth-order valence-electron chi connectivity index (χ4n) is 2.96. The first kappa shape index (κ1) is 20.0. The third-order valence-corrected chi connectivity index (χ3v) is 5.73. The molecule has 0 radical (unpaired) electrons. The lowest BCUT2D eigenvalue weighted by atomic mass is 10.0. The summed E-state index contributed by atoms with van der Waals surface area (Å²) in [5.41, 5.74) is 3.24. The molecule has 27 heavy (non-hydrogen) atoms. The molecular weight excluding hydrogens is 376 g/mol. The van der Waals surface area contributed by atoms with Crippen molar-refractivity contribution in [1.29, 1.82) is 0 Å². The van der Waals surface area contributed by atoms with E-state index in [1.54, 1.807) is 28.5 Å². The molecule has 3 nitrogen and oxygen atoms in total. The average molecular weight is 401 g/mol. The predicted molar refractivity (Wildman–Crippen MR) is 116 cm³/mol. The van der Waals surface area contributed by atoms with Crippen molar-refractivity contribution in [3.63, 3.8) is 0 Å². The number of halogens is 1. The second kappa shape index (κ2) is 8.49. The lowest BCUT2D eigenvalue weighted by molar-refractivity contribution is 0.475. The highest BCUT2D eigenvalue weighted by Crippen LogP contribution is 2.25. The van der Waals surface area contributed by atoms with Gasteiger partial charge in [-0.25, -0.2) is 4.98 Å². The van der Waals surface area contributed by atoms with Crippen molar-refractivity contribution < 1.29 is 0 Å². The summed E-state index contributed by atoms with van der Waals surface area (Å²) in [5.74, 6) is 1.66. The largest absolute Gasteiger partial charge is 0.287 e. The molecule has 0 aliphatic carbocycles. The van der Waals surface area contributed by atoms with Gasteiger partial charge in [-0.15, -0.1) is 0 Å². The predicted octanol–water partition coefficient (Wildman–Crippen LogP) is 6.12. The molecule has 1 aromatic heterocycles. The molecule has 0 bridgehead atoms. The van der Waals surface area contributed by atoms with Gasteiger partial charge in [-0.2, -0.15) is 0 Å². The highest BCUT2D eigenvalue weighted by Gasteiger charge is 2.13. The van der Waals surface area contributed by atoms with Gasteiger partial charge in [0.05, 0.1) is 10.9 Å². The van der Waals surface area contributed by atoms with E-state index < -0.39 is 0 Å². The molecule has 0 aliphatic heterocycles. The lowest BCUT2D eigenvalue weighted by Gasteiger charge is -2.15. The highest BCUT2D eigenvalue weighted by atomic mass is 35.5. The maximum Gasteiger partial charge on any atom is 0.262 e. The Kier molecular flexibility index (Phi) is 6.28. The summed E-state index contributed by atoms with van der Waals surface area (Å²) >= 11 is 7.69. The van der Waals surface area contributed by atoms with Crippen molar-refractivity contribution in [2.75, 3.05) is 0 Å². The standard InChI is InChI=1S/C22H25ClN2OS/c1-14(2)12-25-21(26)19-11-18(23)9-10-20(19)24-22(25)27-13-16-5-7-17(8-6-16)15(3)4/h5-11,14-15H,12-13H2,1-4H3. The maximum atomic E-state index is 13.0. The van der Waals surface area contributed by atoms with Crippen molar-refractivity contribution >= 4 is 34.3 Å². The third-order valence-electron chi connectivity index (χ3n) is 4.44. The Morgan fingerprint density at radius 1 is 1.07 bits per heavy atom. The van der Waals surface area contributed by atoms with Gasteiger partial charge in [0.15, 0.2) is 5.16 Å². The molecule has 0 unspecified atom stereocenters. The zero-order valence-electron chi connectivity index (χ0n) is 16.2. The minimum atomic E-state index is -0.0196. The van der Waals surface area contributed by atoms with Gasteiger partial charge in [-0.1, -0.05) is 75.3 Å². The van der Waals surface area contributed by atoms with Crippen LogP contribution in [0.3, 0.4) is 0 Å². The molecule has 0 amide bonds. The number of nitrogens with zero attached hydrogens (tertiary/aromatic N) is 2. The fraction of sp³-hybridized carbons (Fsp3) is 0.364. The molecule has 0 N–H and O–H groups in total. The molecule has 2 aromatic carbocycles. The van der Waals surface area contributed by atoms with Crippen molar-refractivity contribution in [3.05, 3.63) is 69.0 Å². The van der Waals surface area contributed by atoms with Gasteiger partial charge in [0, 0.05) is 17.3 Å². The van der Waals surface area contributed by atoms with E-state index in [2.05, 4.69) is 52.0 Å². The van der Waals surface area contributed by atoms with Crippen LogP contribution in [0.1, 0.15) is 44.7 Å². The molecule has 3 aromatic rings. The van der Waals surface area contributed by atoms with Crippen LogP contribution in [0.5, 0.6) is 0 Å². The first-order valence-corrected chi connectivity index (χ1v) is 10.6. The molecule has 0 atom stereocenters. The monoisotopic (exact) mass is 400 g/mol. The summed E-state index contributed by atoms with van der Waals surface area (Å²) in [5, 5.41) is 1.90. The topological polar surface area (TPSA) is 34.9 Å². The SMILES string of the molecule is CC(C)Cn1c(SCc2ccc(C(C)C)cc2)nc2ccc(Cl)cc2c1=O. The quantitative estimate of drug-likeness (QED) is 0.369. The van der Waals surface area contributed by atoms with Crippen LogP contribution in [0.25, 0.3) is 10.9 Å². The Bertz CT molecular complexity index is 994. The summed E-state index contributed by atoms with van der Waals surface area (Å²) in [6.45, 7) is 9.24. The third kappa shape index (κ3) is 4.74. The molecular formula is C22H25ClN2OS.